The average molecular weight is 253 g/mol. The van der Waals surface area contributed by atoms with Crippen molar-refractivity contribution in [3.05, 3.63) is 65.7 Å². The first kappa shape index (κ1) is 13.1. The Labute approximate surface area is 113 Å². The highest BCUT2D eigenvalue weighted by Crippen LogP contribution is 2.16. The number of para-hydroxylation sites is 1. The van der Waals surface area contributed by atoms with Gasteiger partial charge in [0.15, 0.2) is 0 Å². The van der Waals surface area contributed by atoms with Crippen molar-refractivity contribution in [2.45, 2.75) is 6.61 Å². The highest BCUT2D eigenvalue weighted by Gasteiger charge is 2.00. The number of rotatable bonds is 6. The lowest BCUT2D eigenvalue weighted by Crippen LogP contribution is -2.07. The molecule has 3 nitrogen and oxygen atoms in total. The maximum atomic E-state index is 8.91. The van der Waals surface area contributed by atoms with Crippen molar-refractivity contribution in [1.82, 2.24) is 0 Å². The predicted molar refractivity (Wildman–Crippen MR) is 72.8 cm³/mol. The smallest absolute Gasteiger partial charge is 0.137 e. The lowest BCUT2D eigenvalue weighted by molar-refractivity contribution is 0.0888. The summed E-state index contributed by atoms with van der Waals surface area (Å²) in [7, 11) is 0. The maximum Gasteiger partial charge on any atom is 0.137 e. The van der Waals surface area contributed by atoms with Gasteiger partial charge in [0.1, 0.15) is 18.4 Å². The van der Waals surface area contributed by atoms with Crippen LogP contribution in [0.1, 0.15) is 11.1 Å². The number of nitriles is 1. The summed E-state index contributed by atoms with van der Waals surface area (Å²) in [5, 5.41) is 8.91. The summed E-state index contributed by atoms with van der Waals surface area (Å²) in [4.78, 5) is 0. The van der Waals surface area contributed by atoms with Gasteiger partial charge in [0.2, 0.25) is 0 Å². The number of nitrogens with zero attached hydrogens (tertiary/aromatic N) is 1. The molecule has 0 N–H and O–H groups in total. The molecule has 2 aromatic carbocycles. The molecule has 0 amide bonds. The molecule has 0 aromatic heterocycles. The molecular weight excluding hydrogens is 238 g/mol. The van der Waals surface area contributed by atoms with Crippen LogP contribution in [0.5, 0.6) is 5.75 Å². The molecule has 2 aromatic rings. The van der Waals surface area contributed by atoms with Crippen molar-refractivity contribution in [2.75, 3.05) is 13.2 Å². The largest absolute Gasteiger partial charge is 0.490 e. The van der Waals surface area contributed by atoms with Crippen molar-refractivity contribution in [1.29, 1.82) is 5.26 Å². The number of benzene rings is 2. The van der Waals surface area contributed by atoms with Crippen LogP contribution in [0.25, 0.3) is 0 Å². The summed E-state index contributed by atoms with van der Waals surface area (Å²) in [5.41, 5.74) is 1.69. The number of ether oxygens (including phenoxy) is 2. The van der Waals surface area contributed by atoms with Crippen LogP contribution >= 0.6 is 0 Å². The lowest BCUT2D eigenvalue weighted by atomic mass is 10.2. The van der Waals surface area contributed by atoms with E-state index < -0.39 is 0 Å². The first-order valence-electron chi connectivity index (χ1n) is 6.14. The summed E-state index contributed by atoms with van der Waals surface area (Å²) >= 11 is 0. The topological polar surface area (TPSA) is 42.2 Å². The third-order valence-electron chi connectivity index (χ3n) is 2.60. The van der Waals surface area contributed by atoms with Gasteiger partial charge in [-0.15, -0.1) is 0 Å². The van der Waals surface area contributed by atoms with Crippen molar-refractivity contribution in [3.63, 3.8) is 0 Å². The molecule has 0 saturated carbocycles. The average Bonchev–Trinajstić information content (AvgIpc) is 2.48. The second kappa shape index (κ2) is 7.20. The Hall–Kier alpha value is -2.31. The molecule has 0 spiro atoms. The summed E-state index contributed by atoms with van der Waals surface area (Å²) < 4.78 is 11.0. The van der Waals surface area contributed by atoms with E-state index in [4.69, 9.17) is 14.7 Å². The second-order valence-electron chi connectivity index (χ2n) is 3.99. The van der Waals surface area contributed by atoms with Crippen LogP contribution in [0.3, 0.4) is 0 Å². The maximum absolute atomic E-state index is 8.91. The van der Waals surface area contributed by atoms with E-state index in [1.54, 1.807) is 12.1 Å². The Morgan fingerprint density at radius 2 is 1.63 bits per heavy atom. The van der Waals surface area contributed by atoms with Gasteiger partial charge < -0.3 is 9.47 Å². The van der Waals surface area contributed by atoms with Crippen molar-refractivity contribution >= 4 is 0 Å². The van der Waals surface area contributed by atoms with Gasteiger partial charge in [-0.1, -0.05) is 42.5 Å². The molecule has 3 heteroatoms. The molecule has 0 aliphatic carbocycles. The number of hydrogen-bond acceptors (Lipinski definition) is 3. The SMILES string of the molecule is N#Cc1ccccc1OCCOCc1ccccc1. The lowest BCUT2D eigenvalue weighted by Gasteiger charge is -2.08. The molecule has 0 bridgehead atoms. The highest BCUT2D eigenvalue weighted by atomic mass is 16.5. The molecule has 0 radical (unpaired) electrons. The van der Waals surface area contributed by atoms with E-state index in [2.05, 4.69) is 6.07 Å². The molecule has 19 heavy (non-hydrogen) atoms. The van der Waals surface area contributed by atoms with Gasteiger partial charge in [-0.3, -0.25) is 0 Å². The summed E-state index contributed by atoms with van der Waals surface area (Å²) in [6.07, 6.45) is 0. The van der Waals surface area contributed by atoms with Gasteiger partial charge in [0, 0.05) is 0 Å². The zero-order valence-corrected chi connectivity index (χ0v) is 10.6. The Morgan fingerprint density at radius 3 is 2.42 bits per heavy atom. The third kappa shape index (κ3) is 4.13. The fraction of sp³-hybridized carbons (Fsp3) is 0.188. The Balaban J connectivity index is 1.71. The molecule has 0 atom stereocenters. The molecule has 0 aliphatic rings. The fourth-order valence-electron chi connectivity index (χ4n) is 1.66. The minimum absolute atomic E-state index is 0.436. The van der Waals surface area contributed by atoms with Crippen molar-refractivity contribution in [2.24, 2.45) is 0 Å². The van der Waals surface area contributed by atoms with Crippen LogP contribution in [-0.4, -0.2) is 13.2 Å². The van der Waals surface area contributed by atoms with E-state index in [9.17, 15) is 0 Å². The molecule has 2 rings (SSSR count). The quantitative estimate of drug-likeness (QED) is 0.743. The van der Waals surface area contributed by atoms with Crippen LogP contribution in [0.4, 0.5) is 0 Å². The van der Waals surface area contributed by atoms with Gasteiger partial charge in [-0.05, 0) is 17.7 Å². The Morgan fingerprint density at radius 1 is 0.895 bits per heavy atom. The first-order valence-corrected chi connectivity index (χ1v) is 6.14. The first-order chi connectivity index (χ1) is 9.40. The van der Waals surface area contributed by atoms with E-state index in [0.717, 1.165) is 5.56 Å². The van der Waals surface area contributed by atoms with Gasteiger partial charge in [0.25, 0.3) is 0 Å². The van der Waals surface area contributed by atoms with Crippen molar-refractivity contribution < 1.29 is 9.47 Å². The van der Waals surface area contributed by atoms with Crippen LogP contribution in [0, 0.1) is 11.3 Å². The van der Waals surface area contributed by atoms with Gasteiger partial charge in [0.05, 0.1) is 18.8 Å². The van der Waals surface area contributed by atoms with E-state index in [1.165, 1.54) is 0 Å². The minimum Gasteiger partial charge on any atom is -0.490 e. The molecule has 0 fully saturated rings. The normalized spacial score (nSPS) is 9.84. The molecule has 0 saturated heterocycles. The highest BCUT2D eigenvalue weighted by molar-refractivity contribution is 5.42. The predicted octanol–water partition coefficient (Wildman–Crippen LogP) is 3.15. The third-order valence-corrected chi connectivity index (χ3v) is 2.60. The standard InChI is InChI=1S/C16H15NO2/c17-12-15-8-4-5-9-16(15)19-11-10-18-13-14-6-2-1-3-7-14/h1-9H,10-11,13H2. The zero-order valence-electron chi connectivity index (χ0n) is 10.6. The zero-order chi connectivity index (χ0) is 13.3. The minimum atomic E-state index is 0.436. The van der Waals surface area contributed by atoms with E-state index in [0.29, 0.717) is 31.1 Å². The molecular formula is C16H15NO2. The second-order valence-corrected chi connectivity index (χ2v) is 3.99. The van der Waals surface area contributed by atoms with Gasteiger partial charge in [-0.2, -0.15) is 5.26 Å². The molecule has 0 unspecified atom stereocenters. The Kier molecular flexibility index (Phi) is 4.97. The monoisotopic (exact) mass is 253 g/mol. The van der Waals surface area contributed by atoms with E-state index >= 15 is 0 Å². The Bertz CT molecular complexity index is 546. The molecule has 0 heterocycles. The van der Waals surface area contributed by atoms with Crippen LogP contribution in [0.2, 0.25) is 0 Å². The van der Waals surface area contributed by atoms with Crippen LogP contribution in [-0.2, 0) is 11.3 Å². The van der Waals surface area contributed by atoms with Crippen LogP contribution in [0.15, 0.2) is 54.6 Å². The molecule has 96 valence electrons. The van der Waals surface area contributed by atoms with Gasteiger partial charge in [-0.25, -0.2) is 0 Å². The van der Waals surface area contributed by atoms with E-state index in [1.807, 2.05) is 42.5 Å². The van der Waals surface area contributed by atoms with E-state index in [-0.39, 0.29) is 0 Å². The summed E-state index contributed by atoms with van der Waals surface area (Å²) in [6.45, 7) is 1.50. The van der Waals surface area contributed by atoms with Crippen molar-refractivity contribution in [3.8, 4) is 11.8 Å². The van der Waals surface area contributed by atoms with Gasteiger partial charge >= 0.3 is 0 Å². The summed E-state index contributed by atoms with van der Waals surface area (Å²) in [6, 6.07) is 19.3. The fourth-order valence-corrected chi connectivity index (χ4v) is 1.66. The summed E-state index contributed by atoms with van der Waals surface area (Å²) in [5.74, 6) is 0.605. The molecule has 0 aliphatic heterocycles. The number of hydrogen-bond donors (Lipinski definition) is 0. The van der Waals surface area contributed by atoms with Crippen LogP contribution < -0.4 is 4.74 Å².